The molecule has 1 N–H and O–H groups in total. The van der Waals surface area contributed by atoms with E-state index in [9.17, 15) is 14.4 Å². The number of aromatic nitrogens is 2. The number of hydrogen-bond acceptors (Lipinski definition) is 6. The zero-order chi connectivity index (χ0) is 23.4. The highest BCUT2D eigenvalue weighted by molar-refractivity contribution is 6.31. The van der Waals surface area contributed by atoms with Crippen molar-refractivity contribution < 1.29 is 19.1 Å². The number of anilines is 1. The minimum Gasteiger partial charge on any atom is -0.495 e. The molecule has 0 unspecified atom stereocenters. The highest BCUT2D eigenvalue weighted by atomic mass is 35.5. The molecule has 0 bridgehead atoms. The van der Waals surface area contributed by atoms with Gasteiger partial charge in [-0.15, -0.1) is 0 Å². The van der Waals surface area contributed by atoms with Crippen molar-refractivity contribution in [3.05, 3.63) is 79.7 Å². The van der Waals surface area contributed by atoms with Crippen LogP contribution in [0.2, 0.25) is 10.0 Å². The monoisotopic (exact) mass is 475 g/mol. The molecule has 0 spiro atoms. The Balaban J connectivity index is 1.74. The average Bonchev–Trinajstić information content (AvgIpc) is 2.75. The Morgan fingerprint density at radius 1 is 1.09 bits per heavy atom. The Kier molecular flexibility index (Phi) is 7.17. The first-order chi connectivity index (χ1) is 15.2. The van der Waals surface area contributed by atoms with E-state index in [0.717, 1.165) is 5.56 Å². The highest BCUT2D eigenvalue weighted by Crippen LogP contribution is 2.30. The Labute approximate surface area is 193 Å². The van der Waals surface area contributed by atoms with Crippen LogP contribution in [0.4, 0.5) is 5.69 Å². The number of aryl methyl sites for hydroxylation is 2. The zero-order valence-corrected chi connectivity index (χ0v) is 19.0. The number of esters is 1. The number of carbonyl (C=O) groups is 2. The van der Waals surface area contributed by atoms with Crippen molar-refractivity contribution in [2.75, 3.05) is 19.0 Å². The molecule has 0 aliphatic rings. The van der Waals surface area contributed by atoms with E-state index in [1.807, 2.05) is 0 Å². The summed E-state index contributed by atoms with van der Waals surface area (Å²) in [7, 11) is 1.44. The maximum Gasteiger partial charge on any atom is 0.363 e. The lowest BCUT2D eigenvalue weighted by Crippen LogP contribution is -2.27. The summed E-state index contributed by atoms with van der Waals surface area (Å²) in [5.74, 6) is -1.29. The molecule has 1 aromatic heterocycles. The second kappa shape index (κ2) is 9.84. The number of carbonyl (C=O) groups excluding carboxylic acids is 2. The van der Waals surface area contributed by atoms with Crippen molar-refractivity contribution in [2.45, 2.75) is 13.8 Å². The molecule has 32 heavy (non-hydrogen) atoms. The topological polar surface area (TPSA) is 99.5 Å². The molecular formula is C22H19Cl2N3O5. The molecule has 3 aromatic rings. The number of nitrogens with zero attached hydrogens (tertiary/aromatic N) is 2. The van der Waals surface area contributed by atoms with E-state index in [4.69, 9.17) is 32.7 Å². The van der Waals surface area contributed by atoms with Crippen molar-refractivity contribution in [3.63, 3.8) is 0 Å². The predicted molar refractivity (Wildman–Crippen MR) is 121 cm³/mol. The third kappa shape index (κ3) is 5.27. The molecular weight excluding hydrogens is 457 g/mol. The van der Waals surface area contributed by atoms with E-state index in [1.165, 1.54) is 17.9 Å². The molecule has 0 radical (unpaired) electrons. The van der Waals surface area contributed by atoms with Crippen LogP contribution in [-0.2, 0) is 9.53 Å². The van der Waals surface area contributed by atoms with Crippen LogP contribution in [-0.4, -0.2) is 35.4 Å². The molecule has 2 aromatic carbocycles. The number of amides is 1. The third-order valence-electron chi connectivity index (χ3n) is 4.46. The van der Waals surface area contributed by atoms with Gasteiger partial charge in [-0.1, -0.05) is 23.2 Å². The number of halogens is 2. The van der Waals surface area contributed by atoms with Crippen molar-refractivity contribution in [1.29, 1.82) is 0 Å². The molecule has 0 aliphatic heterocycles. The molecule has 0 aliphatic carbocycles. The zero-order valence-electron chi connectivity index (χ0n) is 17.4. The lowest BCUT2D eigenvalue weighted by molar-refractivity contribution is -0.119. The van der Waals surface area contributed by atoms with Crippen LogP contribution in [0.15, 0.2) is 47.3 Å². The van der Waals surface area contributed by atoms with Crippen LogP contribution in [0.1, 0.15) is 21.7 Å². The van der Waals surface area contributed by atoms with E-state index >= 15 is 0 Å². The molecule has 3 rings (SSSR count). The summed E-state index contributed by atoms with van der Waals surface area (Å²) in [4.78, 5) is 37.0. The van der Waals surface area contributed by atoms with E-state index in [1.54, 1.807) is 50.2 Å². The quantitative estimate of drug-likeness (QED) is 0.541. The van der Waals surface area contributed by atoms with Gasteiger partial charge in [0, 0.05) is 27.9 Å². The van der Waals surface area contributed by atoms with Crippen molar-refractivity contribution in [2.24, 2.45) is 0 Å². The second-order valence-electron chi connectivity index (χ2n) is 6.81. The van der Waals surface area contributed by atoms with E-state index in [0.29, 0.717) is 32.9 Å². The molecule has 1 heterocycles. The van der Waals surface area contributed by atoms with Crippen LogP contribution < -0.4 is 15.5 Å². The van der Waals surface area contributed by atoms with Gasteiger partial charge in [0.05, 0.1) is 18.5 Å². The molecule has 8 nitrogen and oxygen atoms in total. The van der Waals surface area contributed by atoms with Gasteiger partial charge in [-0.05, 0) is 49.7 Å². The van der Waals surface area contributed by atoms with Gasteiger partial charge in [-0.25, -0.2) is 9.48 Å². The van der Waals surface area contributed by atoms with Gasteiger partial charge in [-0.3, -0.25) is 9.59 Å². The van der Waals surface area contributed by atoms with Crippen molar-refractivity contribution in [1.82, 2.24) is 9.78 Å². The van der Waals surface area contributed by atoms with Crippen LogP contribution in [0.25, 0.3) is 5.69 Å². The van der Waals surface area contributed by atoms with Crippen LogP contribution in [0.5, 0.6) is 5.75 Å². The number of nitrogens with one attached hydrogen (secondary N) is 1. The first-order valence-electron chi connectivity index (χ1n) is 9.37. The summed E-state index contributed by atoms with van der Waals surface area (Å²) in [5, 5.41) is 7.70. The molecule has 10 heteroatoms. The van der Waals surface area contributed by atoms with E-state index in [-0.39, 0.29) is 0 Å². The van der Waals surface area contributed by atoms with Gasteiger partial charge in [-0.2, -0.15) is 5.10 Å². The van der Waals surface area contributed by atoms with Crippen LogP contribution in [0, 0.1) is 13.8 Å². The van der Waals surface area contributed by atoms with Gasteiger partial charge >= 0.3 is 5.97 Å². The summed E-state index contributed by atoms with van der Waals surface area (Å²) in [6, 6.07) is 11.2. The minimum absolute atomic E-state index is 0.353. The van der Waals surface area contributed by atoms with Gasteiger partial charge in [0.2, 0.25) is 11.1 Å². The second-order valence-corrected chi connectivity index (χ2v) is 7.66. The van der Waals surface area contributed by atoms with Crippen molar-refractivity contribution in [3.8, 4) is 11.4 Å². The SMILES string of the molecule is COc1cc(Cl)c(C)cc1NC(=O)COC(=O)c1nn(-c2ccc(Cl)cc2)c(C)cc1=O. The molecule has 0 fully saturated rings. The lowest BCUT2D eigenvalue weighted by Gasteiger charge is -2.13. The molecule has 0 atom stereocenters. The lowest BCUT2D eigenvalue weighted by atomic mass is 10.2. The first kappa shape index (κ1) is 23.3. The Hall–Kier alpha value is -3.36. The normalized spacial score (nSPS) is 10.5. The summed E-state index contributed by atoms with van der Waals surface area (Å²) in [6.45, 7) is 2.82. The predicted octanol–water partition coefficient (Wildman–Crippen LogP) is 3.96. The Bertz CT molecular complexity index is 1240. The fourth-order valence-electron chi connectivity index (χ4n) is 2.85. The van der Waals surface area contributed by atoms with Crippen molar-refractivity contribution >= 4 is 40.8 Å². The summed E-state index contributed by atoms with van der Waals surface area (Å²) < 4.78 is 11.6. The maximum atomic E-state index is 12.5. The standard InChI is InChI=1S/C22H19Cl2N3O5/c1-12-8-17(19(31-3)10-16(12)24)25-20(29)11-32-22(30)21-18(28)9-13(2)27(26-21)15-6-4-14(23)5-7-15/h4-10H,11H2,1-3H3,(H,25,29). The molecule has 166 valence electrons. The summed E-state index contributed by atoms with van der Waals surface area (Å²) >= 11 is 12.0. The highest BCUT2D eigenvalue weighted by Gasteiger charge is 2.19. The Morgan fingerprint density at radius 3 is 2.44 bits per heavy atom. The summed E-state index contributed by atoms with van der Waals surface area (Å²) in [6.07, 6.45) is 0. The third-order valence-corrected chi connectivity index (χ3v) is 5.12. The van der Waals surface area contributed by atoms with Gasteiger partial charge < -0.3 is 14.8 Å². The van der Waals surface area contributed by atoms with E-state index < -0.39 is 29.6 Å². The van der Waals surface area contributed by atoms with Crippen LogP contribution in [0.3, 0.4) is 0 Å². The smallest absolute Gasteiger partial charge is 0.363 e. The maximum absolute atomic E-state index is 12.5. The van der Waals surface area contributed by atoms with Crippen LogP contribution >= 0.6 is 23.2 Å². The first-order valence-corrected chi connectivity index (χ1v) is 10.1. The molecule has 0 saturated heterocycles. The molecule has 1 amide bonds. The van der Waals surface area contributed by atoms with Gasteiger partial charge in [0.25, 0.3) is 5.91 Å². The minimum atomic E-state index is -1.02. The number of hydrogen-bond donors (Lipinski definition) is 1. The van der Waals surface area contributed by atoms with E-state index in [2.05, 4.69) is 10.4 Å². The number of methoxy groups -OCH3 is 1. The molecule has 0 saturated carbocycles. The van der Waals surface area contributed by atoms with Gasteiger partial charge in [0.1, 0.15) is 5.75 Å². The largest absolute Gasteiger partial charge is 0.495 e. The Morgan fingerprint density at radius 2 is 1.78 bits per heavy atom. The fraction of sp³-hybridized carbons (Fsp3) is 0.182. The number of ether oxygens (including phenoxy) is 2. The average molecular weight is 476 g/mol. The van der Waals surface area contributed by atoms with Gasteiger partial charge in [0.15, 0.2) is 6.61 Å². The summed E-state index contributed by atoms with van der Waals surface area (Å²) in [5.41, 5.74) is 1.15. The number of benzene rings is 2. The fourth-order valence-corrected chi connectivity index (χ4v) is 3.13. The number of rotatable bonds is 6.